The number of fused-ring (bicyclic) bond motifs is 2. The molecule has 1 N–H and O–H groups in total. The molecule has 2 aliphatic rings. The number of nitrogens with zero attached hydrogens (tertiary/aromatic N) is 3. The molecule has 3 unspecified atom stereocenters. The zero-order chi connectivity index (χ0) is 15.8. The van der Waals surface area contributed by atoms with Gasteiger partial charge in [-0.1, -0.05) is 24.7 Å². The van der Waals surface area contributed by atoms with Gasteiger partial charge in [0.2, 0.25) is 10.1 Å². The van der Waals surface area contributed by atoms with Gasteiger partial charge in [0.1, 0.15) is 0 Å². The second kappa shape index (κ2) is 6.20. The molecule has 0 amide bonds. The lowest BCUT2D eigenvalue weighted by Gasteiger charge is -2.32. The largest absolute Gasteiger partial charge is 0.378 e. The van der Waals surface area contributed by atoms with Crippen molar-refractivity contribution in [2.24, 2.45) is 5.92 Å². The molecule has 2 aromatic heterocycles. The molecule has 1 aliphatic carbocycles. The number of aryl methyl sites for hydroxylation is 1. The van der Waals surface area contributed by atoms with Crippen molar-refractivity contribution < 1.29 is 4.74 Å². The molecule has 1 aliphatic heterocycles. The van der Waals surface area contributed by atoms with Gasteiger partial charge in [-0.15, -0.1) is 5.10 Å². The van der Waals surface area contributed by atoms with Crippen molar-refractivity contribution >= 4 is 21.4 Å². The van der Waals surface area contributed by atoms with Crippen LogP contribution in [0, 0.1) is 5.92 Å². The van der Waals surface area contributed by atoms with Crippen LogP contribution in [0.4, 0.5) is 5.13 Å². The molecule has 4 rings (SSSR count). The fourth-order valence-electron chi connectivity index (χ4n) is 3.81. The van der Waals surface area contributed by atoms with Crippen LogP contribution in [0.15, 0.2) is 10.9 Å². The maximum Gasteiger partial charge on any atom is 0.275 e. The SMILES string of the molecule is CCCc1cc(=O)n2nc(NC3CCCC4OCCC34)sc2n1. The normalized spacial score (nSPS) is 27.3. The van der Waals surface area contributed by atoms with Crippen molar-refractivity contribution in [2.45, 2.75) is 57.6 Å². The van der Waals surface area contributed by atoms with Crippen LogP contribution in [0.25, 0.3) is 4.96 Å². The highest BCUT2D eigenvalue weighted by molar-refractivity contribution is 7.20. The van der Waals surface area contributed by atoms with E-state index in [1.165, 1.54) is 28.7 Å². The van der Waals surface area contributed by atoms with E-state index in [-0.39, 0.29) is 5.56 Å². The van der Waals surface area contributed by atoms with Crippen molar-refractivity contribution in [2.75, 3.05) is 11.9 Å². The standard InChI is InChI=1S/C16H22N4O2S/c1-2-4-10-9-14(21)20-16(17-10)23-15(19-20)18-12-5-3-6-13-11(12)7-8-22-13/h9,11-13H,2-8H2,1H3,(H,18,19). The molecule has 6 nitrogen and oxygen atoms in total. The molecule has 124 valence electrons. The molecule has 23 heavy (non-hydrogen) atoms. The van der Waals surface area contributed by atoms with Crippen LogP contribution in [-0.2, 0) is 11.2 Å². The van der Waals surface area contributed by atoms with Crippen LogP contribution in [0.2, 0.25) is 0 Å². The molecule has 1 saturated heterocycles. The minimum absolute atomic E-state index is 0.0894. The predicted molar refractivity (Wildman–Crippen MR) is 90.2 cm³/mol. The summed E-state index contributed by atoms with van der Waals surface area (Å²) in [6.07, 6.45) is 6.82. The number of hydrogen-bond donors (Lipinski definition) is 1. The highest BCUT2D eigenvalue weighted by Gasteiger charge is 2.37. The van der Waals surface area contributed by atoms with E-state index in [0.717, 1.165) is 43.1 Å². The fraction of sp³-hybridized carbons (Fsp3) is 0.688. The zero-order valence-corrected chi connectivity index (χ0v) is 14.1. The lowest BCUT2D eigenvalue weighted by atomic mass is 9.82. The summed E-state index contributed by atoms with van der Waals surface area (Å²) in [6, 6.07) is 1.99. The van der Waals surface area contributed by atoms with Gasteiger partial charge in [-0.05, 0) is 32.1 Å². The lowest BCUT2D eigenvalue weighted by Crippen LogP contribution is -2.38. The minimum Gasteiger partial charge on any atom is -0.378 e. The summed E-state index contributed by atoms with van der Waals surface area (Å²) < 4.78 is 7.24. The number of hydrogen-bond acceptors (Lipinski definition) is 6. The van der Waals surface area contributed by atoms with E-state index < -0.39 is 0 Å². The summed E-state index contributed by atoms with van der Waals surface area (Å²) in [7, 11) is 0. The van der Waals surface area contributed by atoms with Gasteiger partial charge in [0.15, 0.2) is 0 Å². The van der Waals surface area contributed by atoms with Gasteiger partial charge in [0, 0.05) is 30.3 Å². The van der Waals surface area contributed by atoms with Crippen LogP contribution in [0.1, 0.15) is 44.7 Å². The molecule has 3 heterocycles. The third kappa shape index (κ3) is 2.87. The summed E-state index contributed by atoms with van der Waals surface area (Å²) in [5.74, 6) is 0.566. The van der Waals surface area contributed by atoms with Crippen molar-refractivity contribution in [3.63, 3.8) is 0 Å². The molecule has 2 aromatic rings. The molecule has 2 fully saturated rings. The van der Waals surface area contributed by atoms with E-state index in [4.69, 9.17) is 4.74 Å². The number of rotatable bonds is 4. The smallest absolute Gasteiger partial charge is 0.275 e. The van der Waals surface area contributed by atoms with Crippen LogP contribution in [-0.4, -0.2) is 33.4 Å². The third-order valence-corrected chi connectivity index (χ3v) is 5.73. The van der Waals surface area contributed by atoms with E-state index in [2.05, 4.69) is 22.3 Å². The zero-order valence-electron chi connectivity index (χ0n) is 13.3. The van der Waals surface area contributed by atoms with E-state index in [0.29, 0.717) is 23.0 Å². The second-order valence-electron chi connectivity index (χ2n) is 6.48. The first kappa shape index (κ1) is 15.1. The number of anilines is 1. The van der Waals surface area contributed by atoms with Gasteiger partial charge in [-0.25, -0.2) is 4.98 Å². The lowest BCUT2D eigenvalue weighted by molar-refractivity contribution is 0.0620. The Morgan fingerprint density at radius 1 is 1.43 bits per heavy atom. The Morgan fingerprint density at radius 3 is 3.22 bits per heavy atom. The molecule has 7 heteroatoms. The van der Waals surface area contributed by atoms with Gasteiger partial charge in [0.05, 0.1) is 6.10 Å². The van der Waals surface area contributed by atoms with Crippen molar-refractivity contribution in [1.29, 1.82) is 0 Å². The Balaban J connectivity index is 1.59. The quantitative estimate of drug-likeness (QED) is 0.930. The maximum absolute atomic E-state index is 12.2. The molecule has 0 aromatic carbocycles. The Bertz CT molecular complexity index is 756. The number of nitrogens with one attached hydrogen (secondary N) is 1. The first-order valence-corrected chi connectivity index (χ1v) is 9.34. The maximum atomic E-state index is 12.2. The fourth-order valence-corrected chi connectivity index (χ4v) is 4.70. The molecular weight excluding hydrogens is 312 g/mol. The van der Waals surface area contributed by atoms with Gasteiger partial charge >= 0.3 is 0 Å². The van der Waals surface area contributed by atoms with Gasteiger partial charge in [0.25, 0.3) is 5.56 Å². The summed E-state index contributed by atoms with van der Waals surface area (Å²) in [4.78, 5) is 17.4. The van der Waals surface area contributed by atoms with Crippen LogP contribution >= 0.6 is 11.3 Å². The Hall–Kier alpha value is -1.47. The Morgan fingerprint density at radius 2 is 2.35 bits per heavy atom. The van der Waals surface area contributed by atoms with Gasteiger partial charge in [-0.2, -0.15) is 4.52 Å². The van der Waals surface area contributed by atoms with E-state index in [9.17, 15) is 4.79 Å². The Kier molecular flexibility index (Phi) is 4.07. The van der Waals surface area contributed by atoms with Crippen molar-refractivity contribution in [1.82, 2.24) is 14.6 Å². The topological polar surface area (TPSA) is 68.5 Å². The molecule has 3 atom stereocenters. The summed E-state index contributed by atoms with van der Waals surface area (Å²) in [5, 5.41) is 8.77. The van der Waals surface area contributed by atoms with Gasteiger partial charge in [-0.3, -0.25) is 4.79 Å². The number of aromatic nitrogens is 3. The predicted octanol–water partition coefficient (Wildman–Crippen LogP) is 2.47. The van der Waals surface area contributed by atoms with E-state index in [1.54, 1.807) is 6.07 Å². The van der Waals surface area contributed by atoms with E-state index >= 15 is 0 Å². The van der Waals surface area contributed by atoms with Crippen LogP contribution < -0.4 is 10.9 Å². The third-order valence-electron chi connectivity index (χ3n) is 4.89. The van der Waals surface area contributed by atoms with Crippen molar-refractivity contribution in [3.8, 4) is 0 Å². The summed E-state index contributed by atoms with van der Waals surface area (Å²) in [6.45, 7) is 2.96. The monoisotopic (exact) mass is 334 g/mol. The minimum atomic E-state index is -0.0894. The molecule has 1 saturated carbocycles. The average molecular weight is 334 g/mol. The molecule has 0 radical (unpaired) electrons. The molecular formula is C16H22N4O2S. The molecule has 0 spiro atoms. The summed E-state index contributed by atoms with van der Waals surface area (Å²) >= 11 is 1.47. The van der Waals surface area contributed by atoms with Crippen molar-refractivity contribution in [3.05, 3.63) is 22.1 Å². The highest BCUT2D eigenvalue weighted by atomic mass is 32.1. The second-order valence-corrected chi connectivity index (χ2v) is 7.44. The van der Waals surface area contributed by atoms with Crippen LogP contribution in [0.5, 0.6) is 0 Å². The van der Waals surface area contributed by atoms with E-state index in [1.807, 2.05) is 0 Å². The van der Waals surface area contributed by atoms with Crippen LogP contribution in [0.3, 0.4) is 0 Å². The first-order chi connectivity index (χ1) is 11.2. The molecule has 0 bridgehead atoms. The Labute approximate surface area is 138 Å². The average Bonchev–Trinajstić information content (AvgIpc) is 3.14. The summed E-state index contributed by atoms with van der Waals surface area (Å²) in [5.41, 5.74) is 0.767. The highest BCUT2D eigenvalue weighted by Crippen LogP contribution is 2.36. The first-order valence-electron chi connectivity index (χ1n) is 8.52. The van der Waals surface area contributed by atoms with Gasteiger partial charge < -0.3 is 10.1 Å². The number of ether oxygens (including phenoxy) is 1.